The lowest BCUT2D eigenvalue weighted by molar-refractivity contribution is 0.0948. The van der Waals surface area contributed by atoms with Crippen molar-refractivity contribution in [2.75, 3.05) is 32.4 Å². The van der Waals surface area contributed by atoms with Gasteiger partial charge in [-0.25, -0.2) is 0 Å². The zero-order chi connectivity index (χ0) is 13.1. The molecule has 1 aromatic carbocycles. The maximum absolute atomic E-state index is 12.1. The number of nitrogens with one attached hydrogen (secondary N) is 1. The Morgan fingerprint density at radius 2 is 2.33 bits per heavy atom. The summed E-state index contributed by atoms with van der Waals surface area (Å²) >= 11 is 0. The van der Waals surface area contributed by atoms with Gasteiger partial charge in [0.15, 0.2) is 0 Å². The van der Waals surface area contributed by atoms with E-state index in [1.165, 1.54) is 0 Å². The average molecular weight is 247 g/mol. The van der Waals surface area contributed by atoms with E-state index in [1.807, 2.05) is 19.1 Å². The van der Waals surface area contributed by atoms with Crippen molar-refractivity contribution in [2.24, 2.45) is 5.92 Å². The van der Waals surface area contributed by atoms with E-state index in [0.29, 0.717) is 17.2 Å². The molecule has 1 aliphatic heterocycles. The summed E-state index contributed by atoms with van der Waals surface area (Å²) in [5.41, 5.74) is 7.95. The van der Waals surface area contributed by atoms with E-state index in [-0.39, 0.29) is 5.91 Å². The van der Waals surface area contributed by atoms with E-state index in [0.717, 1.165) is 31.6 Å². The Morgan fingerprint density at radius 3 is 2.94 bits per heavy atom. The van der Waals surface area contributed by atoms with E-state index < -0.39 is 0 Å². The van der Waals surface area contributed by atoms with Crippen molar-refractivity contribution in [1.29, 1.82) is 0 Å². The normalized spacial score (nSPS) is 20.0. The summed E-state index contributed by atoms with van der Waals surface area (Å²) in [5, 5.41) is 3.00. The number of nitrogen functional groups attached to an aromatic ring is 1. The molecule has 0 saturated carbocycles. The summed E-state index contributed by atoms with van der Waals surface area (Å²) < 4.78 is 0. The molecule has 1 saturated heterocycles. The Bertz CT molecular complexity index is 424. The minimum Gasteiger partial charge on any atom is -0.398 e. The molecule has 2 rings (SSSR count). The second-order valence-corrected chi connectivity index (χ2v) is 5.17. The molecule has 1 atom stereocenters. The van der Waals surface area contributed by atoms with E-state index in [9.17, 15) is 4.79 Å². The lowest BCUT2D eigenvalue weighted by Gasteiger charge is -2.13. The number of likely N-dealkylation sites (tertiary alicyclic amines) is 1. The molecule has 18 heavy (non-hydrogen) atoms. The van der Waals surface area contributed by atoms with Crippen LogP contribution in [0.5, 0.6) is 0 Å². The fourth-order valence-corrected chi connectivity index (χ4v) is 2.52. The molecule has 4 nitrogen and oxygen atoms in total. The number of hydrogen-bond acceptors (Lipinski definition) is 3. The van der Waals surface area contributed by atoms with Gasteiger partial charge in [0.25, 0.3) is 5.91 Å². The Morgan fingerprint density at radius 1 is 1.56 bits per heavy atom. The number of rotatable bonds is 3. The van der Waals surface area contributed by atoms with Crippen LogP contribution in [0.15, 0.2) is 18.2 Å². The Balaban J connectivity index is 1.96. The maximum atomic E-state index is 12.1. The molecule has 1 fully saturated rings. The topological polar surface area (TPSA) is 58.4 Å². The molecule has 0 aliphatic carbocycles. The Hall–Kier alpha value is -1.55. The summed E-state index contributed by atoms with van der Waals surface area (Å²) in [6, 6.07) is 5.55. The van der Waals surface area contributed by atoms with Crippen LogP contribution in [0.2, 0.25) is 0 Å². The number of hydrogen-bond donors (Lipinski definition) is 2. The summed E-state index contributed by atoms with van der Waals surface area (Å²) in [6.07, 6.45) is 1.15. The van der Waals surface area contributed by atoms with Crippen LogP contribution in [-0.4, -0.2) is 37.5 Å². The first-order chi connectivity index (χ1) is 8.58. The van der Waals surface area contributed by atoms with Gasteiger partial charge in [-0.2, -0.15) is 0 Å². The van der Waals surface area contributed by atoms with Crippen LogP contribution in [0.3, 0.4) is 0 Å². The average Bonchev–Trinajstić information content (AvgIpc) is 2.72. The monoisotopic (exact) mass is 247 g/mol. The van der Waals surface area contributed by atoms with Gasteiger partial charge < -0.3 is 16.0 Å². The van der Waals surface area contributed by atoms with Crippen molar-refractivity contribution in [3.63, 3.8) is 0 Å². The Labute approximate surface area is 108 Å². The fourth-order valence-electron chi connectivity index (χ4n) is 2.52. The third kappa shape index (κ3) is 2.82. The van der Waals surface area contributed by atoms with Crippen molar-refractivity contribution in [1.82, 2.24) is 10.2 Å². The van der Waals surface area contributed by atoms with Crippen LogP contribution in [0.1, 0.15) is 22.3 Å². The quantitative estimate of drug-likeness (QED) is 0.791. The van der Waals surface area contributed by atoms with E-state index in [2.05, 4.69) is 17.3 Å². The highest BCUT2D eigenvalue weighted by molar-refractivity contribution is 6.00. The molecule has 3 N–H and O–H groups in total. The lowest BCUT2D eigenvalue weighted by Crippen LogP contribution is -2.31. The molecule has 0 bridgehead atoms. The number of carbonyl (C=O) groups is 1. The molecule has 1 amide bonds. The first kappa shape index (κ1) is 12.9. The molecular formula is C14H21N3O. The SMILES string of the molecule is Cc1cccc(N)c1C(=O)NCC1CCN(C)C1. The number of aryl methyl sites for hydroxylation is 1. The molecule has 1 aromatic rings. The van der Waals surface area contributed by atoms with Gasteiger partial charge in [0.1, 0.15) is 0 Å². The van der Waals surface area contributed by atoms with Crippen molar-refractivity contribution in [3.8, 4) is 0 Å². The Kier molecular flexibility index (Phi) is 3.87. The van der Waals surface area contributed by atoms with Gasteiger partial charge in [0.05, 0.1) is 5.56 Å². The van der Waals surface area contributed by atoms with Gasteiger partial charge in [-0.05, 0) is 44.5 Å². The maximum Gasteiger partial charge on any atom is 0.253 e. The molecule has 1 heterocycles. The first-order valence-corrected chi connectivity index (χ1v) is 6.39. The van der Waals surface area contributed by atoms with E-state index in [4.69, 9.17) is 5.73 Å². The van der Waals surface area contributed by atoms with Crippen molar-refractivity contribution in [3.05, 3.63) is 29.3 Å². The van der Waals surface area contributed by atoms with Crippen LogP contribution in [0.25, 0.3) is 0 Å². The standard InChI is InChI=1S/C14H21N3O/c1-10-4-3-5-12(15)13(10)14(18)16-8-11-6-7-17(2)9-11/h3-5,11H,6-9,15H2,1-2H3,(H,16,18). The van der Waals surface area contributed by atoms with Gasteiger partial charge in [-0.1, -0.05) is 12.1 Å². The zero-order valence-electron chi connectivity index (χ0n) is 11.1. The number of amides is 1. The van der Waals surface area contributed by atoms with Gasteiger partial charge in [-0.15, -0.1) is 0 Å². The largest absolute Gasteiger partial charge is 0.398 e. The zero-order valence-corrected chi connectivity index (χ0v) is 11.1. The second kappa shape index (κ2) is 5.40. The summed E-state index contributed by atoms with van der Waals surface area (Å²) in [4.78, 5) is 14.4. The summed E-state index contributed by atoms with van der Waals surface area (Å²) in [6.45, 7) is 4.82. The minimum atomic E-state index is -0.0554. The lowest BCUT2D eigenvalue weighted by atomic mass is 10.1. The highest BCUT2D eigenvalue weighted by Crippen LogP contribution is 2.17. The van der Waals surface area contributed by atoms with Gasteiger partial charge in [-0.3, -0.25) is 4.79 Å². The molecular weight excluding hydrogens is 226 g/mol. The second-order valence-electron chi connectivity index (χ2n) is 5.17. The fraction of sp³-hybridized carbons (Fsp3) is 0.500. The highest BCUT2D eigenvalue weighted by Gasteiger charge is 2.20. The van der Waals surface area contributed by atoms with Gasteiger partial charge >= 0.3 is 0 Å². The van der Waals surface area contributed by atoms with E-state index in [1.54, 1.807) is 6.07 Å². The van der Waals surface area contributed by atoms with Crippen molar-refractivity contribution < 1.29 is 4.79 Å². The molecule has 1 aliphatic rings. The van der Waals surface area contributed by atoms with Crippen LogP contribution in [-0.2, 0) is 0 Å². The molecule has 4 heteroatoms. The predicted molar refractivity (Wildman–Crippen MR) is 73.5 cm³/mol. The van der Waals surface area contributed by atoms with Gasteiger partial charge in [0.2, 0.25) is 0 Å². The number of carbonyl (C=O) groups excluding carboxylic acids is 1. The molecule has 98 valence electrons. The molecule has 0 spiro atoms. The molecule has 1 unspecified atom stereocenters. The minimum absolute atomic E-state index is 0.0554. The number of benzene rings is 1. The number of nitrogens with zero attached hydrogens (tertiary/aromatic N) is 1. The first-order valence-electron chi connectivity index (χ1n) is 6.39. The third-order valence-corrected chi connectivity index (χ3v) is 3.57. The molecule has 0 radical (unpaired) electrons. The number of anilines is 1. The number of nitrogens with two attached hydrogens (primary N) is 1. The van der Waals surface area contributed by atoms with E-state index >= 15 is 0 Å². The van der Waals surface area contributed by atoms with Crippen molar-refractivity contribution >= 4 is 11.6 Å². The van der Waals surface area contributed by atoms with Crippen molar-refractivity contribution in [2.45, 2.75) is 13.3 Å². The predicted octanol–water partition coefficient (Wildman–Crippen LogP) is 1.26. The molecule has 0 aromatic heterocycles. The highest BCUT2D eigenvalue weighted by atomic mass is 16.1. The third-order valence-electron chi connectivity index (χ3n) is 3.57. The van der Waals surface area contributed by atoms with Crippen LogP contribution in [0.4, 0.5) is 5.69 Å². The van der Waals surface area contributed by atoms with Crippen LogP contribution in [0, 0.1) is 12.8 Å². The summed E-state index contributed by atoms with van der Waals surface area (Å²) in [5.74, 6) is 0.504. The smallest absolute Gasteiger partial charge is 0.253 e. The van der Waals surface area contributed by atoms with Crippen LogP contribution >= 0.6 is 0 Å². The van der Waals surface area contributed by atoms with Crippen LogP contribution < -0.4 is 11.1 Å². The van der Waals surface area contributed by atoms with Gasteiger partial charge in [0, 0.05) is 18.8 Å². The summed E-state index contributed by atoms with van der Waals surface area (Å²) in [7, 11) is 2.11.